The fraction of sp³-hybridized carbons (Fsp3) is 0.500. The molecule has 2 rings (SSSR count). The molecule has 3 nitrogen and oxygen atoms in total. The lowest BCUT2D eigenvalue weighted by Crippen LogP contribution is -2.13. The molecule has 0 aliphatic carbocycles. The number of hydrogen-bond donors (Lipinski definition) is 0. The molecule has 0 bridgehead atoms. The lowest BCUT2D eigenvalue weighted by molar-refractivity contribution is 0.201. The van der Waals surface area contributed by atoms with E-state index in [1.807, 2.05) is 0 Å². The minimum atomic E-state index is 0.106. The van der Waals surface area contributed by atoms with E-state index < -0.39 is 0 Å². The molecule has 0 aliphatic heterocycles. The van der Waals surface area contributed by atoms with Crippen LogP contribution >= 0.6 is 0 Å². The Bertz CT molecular complexity index is 576. The van der Waals surface area contributed by atoms with Crippen LogP contribution in [0, 0.1) is 6.92 Å². The Morgan fingerprint density at radius 2 is 1.81 bits per heavy atom. The van der Waals surface area contributed by atoms with E-state index in [1.54, 1.807) is 7.11 Å². The zero-order valence-electron chi connectivity index (χ0n) is 13.8. The van der Waals surface area contributed by atoms with E-state index in [9.17, 15) is 0 Å². The summed E-state index contributed by atoms with van der Waals surface area (Å²) in [6, 6.07) is 8.63. The Balaban J connectivity index is 2.23. The van der Waals surface area contributed by atoms with Gasteiger partial charge in [-0.25, -0.2) is 0 Å². The van der Waals surface area contributed by atoms with Gasteiger partial charge >= 0.3 is 0 Å². The van der Waals surface area contributed by atoms with E-state index >= 15 is 0 Å². The third-order valence-corrected chi connectivity index (χ3v) is 3.65. The van der Waals surface area contributed by atoms with Gasteiger partial charge in [0.15, 0.2) is 0 Å². The van der Waals surface area contributed by atoms with Crippen LogP contribution in [0.5, 0.6) is 0 Å². The summed E-state index contributed by atoms with van der Waals surface area (Å²) in [7, 11) is 1.74. The normalized spacial score (nSPS) is 11.9. The van der Waals surface area contributed by atoms with E-state index in [0.717, 1.165) is 18.7 Å². The monoisotopic (exact) mass is 286 g/mol. The van der Waals surface area contributed by atoms with Crippen LogP contribution in [0.2, 0.25) is 0 Å². The molecule has 1 heterocycles. The molecule has 0 saturated heterocycles. The van der Waals surface area contributed by atoms with Crippen molar-refractivity contribution >= 4 is 0 Å². The van der Waals surface area contributed by atoms with Crippen LogP contribution in [-0.2, 0) is 23.1 Å². The largest absolute Gasteiger partial charge is 0.384 e. The van der Waals surface area contributed by atoms with Crippen molar-refractivity contribution in [3.8, 4) is 0 Å². The Morgan fingerprint density at radius 1 is 1.14 bits per heavy atom. The number of ether oxygens (including phenoxy) is 1. The highest BCUT2D eigenvalue weighted by Crippen LogP contribution is 2.26. The fourth-order valence-corrected chi connectivity index (χ4v) is 2.43. The maximum Gasteiger partial charge on any atom is 0.0684 e. The molecule has 114 valence electrons. The number of hydrogen-bond acceptors (Lipinski definition) is 2. The van der Waals surface area contributed by atoms with Crippen molar-refractivity contribution in [1.29, 1.82) is 0 Å². The smallest absolute Gasteiger partial charge is 0.0684 e. The standard InChI is InChI=1S/C18H26N2O/c1-14-6-8-15(9-7-14)12-20-13-16(18(2,3)4)17(19-20)10-11-21-5/h6-9,13H,10-12H2,1-5H3. The second-order valence-corrected chi connectivity index (χ2v) is 6.67. The topological polar surface area (TPSA) is 27.1 Å². The zero-order valence-corrected chi connectivity index (χ0v) is 13.8. The van der Waals surface area contributed by atoms with Crippen LogP contribution < -0.4 is 0 Å². The molecule has 0 saturated carbocycles. The summed E-state index contributed by atoms with van der Waals surface area (Å²) in [5.41, 5.74) is 5.13. The van der Waals surface area contributed by atoms with Crippen LogP contribution in [0.1, 0.15) is 43.2 Å². The lowest BCUT2D eigenvalue weighted by Gasteiger charge is -2.18. The molecule has 0 unspecified atom stereocenters. The van der Waals surface area contributed by atoms with Gasteiger partial charge in [-0.1, -0.05) is 50.6 Å². The molecular weight excluding hydrogens is 260 g/mol. The van der Waals surface area contributed by atoms with Gasteiger partial charge in [-0.3, -0.25) is 4.68 Å². The first-order valence-electron chi connectivity index (χ1n) is 7.51. The molecule has 0 aliphatic rings. The molecule has 0 fully saturated rings. The highest BCUT2D eigenvalue weighted by atomic mass is 16.5. The van der Waals surface area contributed by atoms with Crippen molar-refractivity contribution in [3.63, 3.8) is 0 Å². The molecule has 1 aromatic heterocycles. The van der Waals surface area contributed by atoms with Gasteiger partial charge in [-0.05, 0) is 23.5 Å². The number of rotatable bonds is 5. The molecule has 0 amide bonds. The zero-order chi connectivity index (χ0) is 15.5. The van der Waals surface area contributed by atoms with E-state index in [1.165, 1.54) is 16.7 Å². The van der Waals surface area contributed by atoms with E-state index in [4.69, 9.17) is 9.84 Å². The summed E-state index contributed by atoms with van der Waals surface area (Å²) in [4.78, 5) is 0. The fourth-order valence-electron chi connectivity index (χ4n) is 2.43. The van der Waals surface area contributed by atoms with Gasteiger partial charge in [-0.15, -0.1) is 0 Å². The molecule has 0 N–H and O–H groups in total. The van der Waals surface area contributed by atoms with Crippen molar-refractivity contribution in [2.75, 3.05) is 13.7 Å². The predicted molar refractivity (Wildman–Crippen MR) is 86.8 cm³/mol. The summed E-state index contributed by atoms with van der Waals surface area (Å²) in [5, 5.41) is 4.77. The van der Waals surface area contributed by atoms with E-state index in [0.29, 0.717) is 6.61 Å². The second-order valence-electron chi connectivity index (χ2n) is 6.67. The van der Waals surface area contributed by atoms with Crippen molar-refractivity contribution in [2.45, 2.75) is 46.1 Å². The van der Waals surface area contributed by atoms with Crippen LogP contribution in [0.4, 0.5) is 0 Å². The number of methoxy groups -OCH3 is 1. The van der Waals surface area contributed by atoms with Crippen LogP contribution in [0.25, 0.3) is 0 Å². The van der Waals surface area contributed by atoms with Crippen LogP contribution in [0.3, 0.4) is 0 Å². The van der Waals surface area contributed by atoms with Gasteiger partial charge in [0.2, 0.25) is 0 Å². The molecule has 0 spiro atoms. The lowest BCUT2D eigenvalue weighted by atomic mass is 9.87. The highest BCUT2D eigenvalue weighted by molar-refractivity contribution is 5.27. The number of aryl methyl sites for hydroxylation is 1. The Hall–Kier alpha value is -1.61. The SMILES string of the molecule is COCCc1nn(Cc2ccc(C)cc2)cc1C(C)(C)C. The number of nitrogens with zero attached hydrogens (tertiary/aromatic N) is 2. The first kappa shape index (κ1) is 15.8. The minimum absolute atomic E-state index is 0.106. The summed E-state index contributed by atoms with van der Waals surface area (Å²) in [5.74, 6) is 0. The summed E-state index contributed by atoms with van der Waals surface area (Å²) >= 11 is 0. The van der Waals surface area contributed by atoms with Crippen LogP contribution in [-0.4, -0.2) is 23.5 Å². The number of benzene rings is 1. The highest BCUT2D eigenvalue weighted by Gasteiger charge is 2.21. The maximum absolute atomic E-state index is 5.20. The van der Waals surface area contributed by atoms with Gasteiger partial charge < -0.3 is 4.74 Å². The Morgan fingerprint density at radius 3 is 2.38 bits per heavy atom. The molecule has 3 heteroatoms. The molecule has 0 radical (unpaired) electrons. The van der Waals surface area contributed by atoms with Gasteiger partial charge in [0, 0.05) is 19.7 Å². The van der Waals surface area contributed by atoms with Gasteiger partial charge in [0.25, 0.3) is 0 Å². The summed E-state index contributed by atoms with van der Waals surface area (Å²) < 4.78 is 7.26. The molecule has 1 aromatic carbocycles. The molecule has 0 atom stereocenters. The van der Waals surface area contributed by atoms with E-state index in [2.05, 4.69) is 62.8 Å². The minimum Gasteiger partial charge on any atom is -0.384 e. The Kier molecular flexibility index (Phi) is 4.84. The summed E-state index contributed by atoms with van der Waals surface area (Å²) in [6.45, 7) is 10.3. The third kappa shape index (κ3) is 4.18. The maximum atomic E-state index is 5.20. The third-order valence-electron chi connectivity index (χ3n) is 3.65. The van der Waals surface area contributed by atoms with Crippen molar-refractivity contribution < 1.29 is 4.74 Å². The quantitative estimate of drug-likeness (QED) is 0.837. The van der Waals surface area contributed by atoms with Crippen molar-refractivity contribution in [1.82, 2.24) is 9.78 Å². The first-order chi connectivity index (χ1) is 9.90. The predicted octanol–water partition coefficient (Wildman–Crippen LogP) is 3.73. The van der Waals surface area contributed by atoms with Gasteiger partial charge in [-0.2, -0.15) is 5.10 Å². The average molecular weight is 286 g/mol. The van der Waals surface area contributed by atoms with Crippen molar-refractivity contribution in [3.05, 3.63) is 52.8 Å². The molecular formula is C18H26N2O. The van der Waals surface area contributed by atoms with Gasteiger partial charge in [0.05, 0.1) is 18.8 Å². The number of aromatic nitrogens is 2. The summed E-state index contributed by atoms with van der Waals surface area (Å²) in [6.07, 6.45) is 3.05. The van der Waals surface area contributed by atoms with E-state index in [-0.39, 0.29) is 5.41 Å². The van der Waals surface area contributed by atoms with Crippen LogP contribution in [0.15, 0.2) is 30.5 Å². The molecule has 21 heavy (non-hydrogen) atoms. The Labute approximate surface area is 127 Å². The first-order valence-corrected chi connectivity index (χ1v) is 7.51. The average Bonchev–Trinajstić information content (AvgIpc) is 2.82. The van der Waals surface area contributed by atoms with Gasteiger partial charge in [0.1, 0.15) is 0 Å². The molecule has 2 aromatic rings. The van der Waals surface area contributed by atoms with Crippen molar-refractivity contribution in [2.24, 2.45) is 0 Å². The second kappa shape index (κ2) is 6.44.